The van der Waals surface area contributed by atoms with Gasteiger partial charge in [0.25, 0.3) is 0 Å². The SMILES string of the molecule is OC1CC2CN(Cc3cccnc3)CC3(CN(Cc4ccc(C(F)(F)F)cc4)C3)N2C1. The molecule has 166 valence electrons. The van der Waals surface area contributed by atoms with Crippen LogP contribution in [-0.4, -0.2) is 75.2 Å². The highest BCUT2D eigenvalue weighted by Crippen LogP contribution is 2.40. The van der Waals surface area contributed by atoms with Gasteiger partial charge < -0.3 is 5.11 Å². The summed E-state index contributed by atoms with van der Waals surface area (Å²) < 4.78 is 38.4. The maximum atomic E-state index is 12.8. The van der Waals surface area contributed by atoms with Gasteiger partial charge in [0.15, 0.2) is 0 Å². The van der Waals surface area contributed by atoms with Crippen molar-refractivity contribution in [1.82, 2.24) is 19.7 Å². The van der Waals surface area contributed by atoms with Gasteiger partial charge in [-0.1, -0.05) is 18.2 Å². The summed E-state index contributed by atoms with van der Waals surface area (Å²) in [7, 11) is 0. The van der Waals surface area contributed by atoms with Gasteiger partial charge in [-0.05, 0) is 35.7 Å². The van der Waals surface area contributed by atoms with E-state index in [4.69, 9.17) is 0 Å². The molecule has 2 atom stereocenters. The summed E-state index contributed by atoms with van der Waals surface area (Å²) in [6.45, 7) is 5.78. The Kier molecular flexibility index (Phi) is 5.29. The smallest absolute Gasteiger partial charge is 0.392 e. The summed E-state index contributed by atoms with van der Waals surface area (Å²) in [5, 5.41) is 10.3. The Morgan fingerprint density at radius 1 is 0.968 bits per heavy atom. The van der Waals surface area contributed by atoms with Gasteiger partial charge in [-0.2, -0.15) is 13.2 Å². The van der Waals surface area contributed by atoms with E-state index in [1.54, 1.807) is 18.3 Å². The third-order valence-electron chi connectivity index (χ3n) is 6.84. The zero-order valence-electron chi connectivity index (χ0n) is 17.3. The van der Waals surface area contributed by atoms with Gasteiger partial charge in [0.2, 0.25) is 0 Å². The molecule has 1 spiro atoms. The largest absolute Gasteiger partial charge is 0.416 e. The molecule has 4 heterocycles. The lowest BCUT2D eigenvalue weighted by Gasteiger charge is -2.61. The number of rotatable bonds is 4. The Morgan fingerprint density at radius 2 is 1.68 bits per heavy atom. The molecule has 5 nitrogen and oxygen atoms in total. The first kappa shape index (κ1) is 20.9. The number of halogens is 3. The third kappa shape index (κ3) is 4.22. The molecule has 1 N–H and O–H groups in total. The van der Waals surface area contributed by atoms with Crippen LogP contribution < -0.4 is 0 Å². The van der Waals surface area contributed by atoms with Crippen LogP contribution in [0.3, 0.4) is 0 Å². The number of benzene rings is 1. The van der Waals surface area contributed by atoms with E-state index in [1.165, 1.54) is 5.56 Å². The monoisotopic (exact) mass is 432 g/mol. The van der Waals surface area contributed by atoms with E-state index in [0.717, 1.165) is 56.8 Å². The van der Waals surface area contributed by atoms with E-state index >= 15 is 0 Å². The maximum absolute atomic E-state index is 12.8. The molecule has 3 saturated heterocycles. The van der Waals surface area contributed by atoms with E-state index in [9.17, 15) is 18.3 Å². The van der Waals surface area contributed by atoms with Crippen molar-refractivity contribution in [2.75, 3.05) is 32.7 Å². The standard InChI is InChI=1S/C23H27F3N4O/c24-23(25,26)19-5-3-17(4-6-19)10-29-15-22(16-29)14-28(11-18-2-1-7-27-9-18)12-20-8-21(31)13-30(20)22/h1-7,9,20-21,31H,8,10-16H2. The van der Waals surface area contributed by atoms with Gasteiger partial charge in [0, 0.05) is 64.2 Å². The van der Waals surface area contributed by atoms with Crippen molar-refractivity contribution >= 4 is 0 Å². The first-order chi connectivity index (χ1) is 14.8. The van der Waals surface area contributed by atoms with E-state index in [0.29, 0.717) is 19.1 Å². The summed E-state index contributed by atoms with van der Waals surface area (Å²) >= 11 is 0. The molecule has 2 unspecified atom stereocenters. The number of hydrogen-bond donors (Lipinski definition) is 1. The van der Waals surface area contributed by atoms with Crippen LogP contribution in [0.4, 0.5) is 13.2 Å². The summed E-state index contributed by atoms with van der Waals surface area (Å²) in [6, 6.07) is 9.86. The molecule has 3 aliphatic heterocycles. The Balaban J connectivity index is 1.26. The lowest BCUT2D eigenvalue weighted by molar-refractivity contribution is -0.137. The van der Waals surface area contributed by atoms with Crippen LogP contribution in [0.5, 0.6) is 0 Å². The van der Waals surface area contributed by atoms with Gasteiger partial charge in [-0.25, -0.2) is 0 Å². The van der Waals surface area contributed by atoms with Crippen LogP contribution in [-0.2, 0) is 19.3 Å². The Morgan fingerprint density at radius 3 is 2.35 bits per heavy atom. The molecular weight excluding hydrogens is 405 g/mol. The van der Waals surface area contributed by atoms with Crippen molar-refractivity contribution in [1.29, 1.82) is 0 Å². The van der Waals surface area contributed by atoms with E-state index in [-0.39, 0.29) is 11.6 Å². The van der Waals surface area contributed by atoms with E-state index < -0.39 is 11.7 Å². The molecule has 31 heavy (non-hydrogen) atoms. The molecule has 3 aliphatic rings. The van der Waals surface area contributed by atoms with Crippen molar-refractivity contribution in [3.8, 4) is 0 Å². The molecule has 1 aromatic carbocycles. The Labute approximate surface area is 180 Å². The number of likely N-dealkylation sites (tertiary alicyclic amines) is 1. The van der Waals surface area contributed by atoms with Gasteiger partial charge in [-0.15, -0.1) is 0 Å². The fourth-order valence-corrected chi connectivity index (χ4v) is 5.62. The first-order valence-electron chi connectivity index (χ1n) is 10.8. The minimum atomic E-state index is -4.30. The second kappa shape index (κ2) is 7.85. The van der Waals surface area contributed by atoms with Crippen LogP contribution in [0.25, 0.3) is 0 Å². The molecule has 0 radical (unpaired) electrons. The second-order valence-corrected chi connectivity index (χ2v) is 9.29. The highest BCUT2D eigenvalue weighted by molar-refractivity contribution is 5.25. The molecule has 2 aromatic rings. The molecule has 5 rings (SSSR count). The van der Waals surface area contributed by atoms with Crippen LogP contribution in [0.15, 0.2) is 48.8 Å². The minimum Gasteiger partial charge on any atom is -0.392 e. The number of aliphatic hydroxyl groups is 1. The highest BCUT2D eigenvalue weighted by atomic mass is 19.4. The van der Waals surface area contributed by atoms with Gasteiger partial charge in [0.05, 0.1) is 17.2 Å². The maximum Gasteiger partial charge on any atom is 0.416 e. The molecular formula is C23H27F3N4O. The fraction of sp³-hybridized carbons (Fsp3) is 0.522. The van der Waals surface area contributed by atoms with Crippen molar-refractivity contribution in [3.05, 3.63) is 65.5 Å². The number of β-amino-alcohol motifs (C(OH)–C–C–N with tert-alkyl or cyclic N) is 1. The highest BCUT2D eigenvalue weighted by Gasteiger charge is 2.55. The van der Waals surface area contributed by atoms with E-state index in [1.807, 2.05) is 12.3 Å². The van der Waals surface area contributed by atoms with Crippen LogP contribution in [0, 0.1) is 0 Å². The molecule has 1 aromatic heterocycles. The minimum absolute atomic E-state index is 0.00544. The summed E-state index contributed by atoms with van der Waals surface area (Å²) in [6.07, 6.45) is -0.111. The summed E-state index contributed by atoms with van der Waals surface area (Å²) in [5.41, 5.74) is 1.46. The van der Waals surface area contributed by atoms with E-state index in [2.05, 4.69) is 25.8 Å². The molecule has 0 saturated carbocycles. The van der Waals surface area contributed by atoms with Gasteiger partial charge in [-0.3, -0.25) is 19.7 Å². The average molecular weight is 432 g/mol. The van der Waals surface area contributed by atoms with Crippen molar-refractivity contribution in [2.24, 2.45) is 0 Å². The molecule has 0 aliphatic carbocycles. The molecule has 8 heteroatoms. The number of hydrogen-bond acceptors (Lipinski definition) is 5. The quantitative estimate of drug-likeness (QED) is 0.805. The first-order valence-corrected chi connectivity index (χ1v) is 10.8. The normalized spacial score (nSPS) is 26.7. The number of aliphatic hydroxyl groups excluding tert-OH is 1. The zero-order valence-corrected chi connectivity index (χ0v) is 17.3. The molecule has 0 bridgehead atoms. The van der Waals surface area contributed by atoms with Crippen molar-refractivity contribution in [3.63, 3.8) is 0 Å². The average Bonchev–Trinajstić information content (AvgIpc) is 3.08. The lowest BCUT2D eigenvalue weighted by atomic mass is 9.83. The number of pyridine rings is 1. The van der Waals surface area contributed by atoms with Gasteiger partial charge >= 0.3 is 6.18 Å². The van der Waals surface area contributed by atoms with Crippen LogP contribution in [0.1, 0.15) is 23.1 Å². The van der Waals surface area contributed by atoms with Crippen molar-refractivity contribution in [2.45, 2.75) is 43.4 Å². The molecule has 3 fully saturated rings. The number of nitrogens with zero attached hydrogens (tertiary/aromatic N) is 4. The predicted molar refractivity (Wildman–Crippen MR) is 110 cm³/mol. The topological polar surface area (TPSA) is 42.8 Å². The summed E-state index contributed by atoms with van der Waals surface area (Å²) in [4.78, 5) is 11.5. The summed E-state index contributed by atoms with van der Waals surface area (Å²) in [5.74, 6) is 0. The third-order valence-corrected chi connectivity index (χ3v) is 6.84. The van der Waals surface area contributed by atoms with Crippen LogP contribution >= 0.6 is 0 Å². The predicted octanol–water partition coefficient (Wildman–Crippen LogP) is 2.61. The number of fused-ring (bicyclic) bond motifs is 2. The van der Waals surface area contributed by atoms with Gasteiger partial charge in [0.1, 0.15) is 0 Å². The lowest BCUT2D eigenvalue weighted by Crippen LogP contribution is -2.77. The number of alkyl halides is 3. The number of aromatic nitrogens is 1. The van der Waals surface area contributed by atoms with Crippen molar-refractivity contribution < 1.29 is 18.3 Å². The Hall–Kier alpha value is -2.00. The second-order valence-electron chi connectivity index (χ2n) is 9.29. The zero-order chi connectivity index (χ0) is 21.6. The molecule has 0 amide bonds. The Bertz CT molecular complexity index is 899. The van der Waals surface area contributed by atoms with Crippen LogP contribution in [0.2, 0.25) is 0 Å². The number of piperazine rings is 1. The fourth-order valence-electron chi connectivity index (χ4n) is 5.62.